The van der Waals surface area contributed by atoms with E-state index in [2.05, 4.69) is 10.3 Å². The molecule has 2 atom stereocenters. The minimum absolute atomic E-state index is 0.195. The molecule has 0 fully saturated rings. The number of fused-ring (bicyclic) bond motifs is 1. The number of aromatic nitrogens is 1. The second kappa shape index (κ2) is 8.77. The Bertz CT molecular complexity index is 923. The maximum atomic E-state index is 12.6. The summed E-state index contributed by atoms with van der Waals surface area (Å²) in [5, 5.41) is 3.55. The number of nitrogens with one attached hydrogen (secondary N) is 2. The molecule has 0 aliphatic carbocycles. The summed E-state index contributed by atoms with van der Waals surface area (Å²) >= 11 is 1.45. The van der Waals surface area contributed by atoms with E-state index in [9.17, 15) is 9.59 Å². The molecule has 2 aromatic carbocycles. The van der Waals surface area contributed by atoms with Gasteiger partial charge < -0.3 is 15.0 Å². The largest absolute Gasteiger partial charge is 0.467 e. The highest BCUT2D eigenvalue weighted by molar-refractivity contribution is 8.00. The van der Waals surface area contributed by atoms with E-state index in [4.69, 9.17) is 4.74 Å². The van der Waals surface area contributed by atoms with Crippen molar-refractivity contribution in [1.82, 2.24) is 10.3 Å². The summed E-state index contributed by atoms with van der Waals surface area (Å²) in [5.41, 5.74) is 1.96. The number of aromatic amines is 1. The van der Waals surface area contributed by atoms with Gasteiger partial charge in [0.25, 0.3) is 0 Å². The molecule has 5 nitrogen and oxygen atoms in total. The Morgan fingerprint density at radius 1 is 1.11 bits per heavy atom. The summed E-state index contributed by atoms with van der Waals surface area (Å²) < 4.78 is 4.90. The predicted molar refractivity (Wildman–Crippen MR) is 108 cm³/mol. The van der Waals surface area contributed by atoms with Gasteiger partial charge in [0.2, 0.25) is 5.91 Å². The number of amides is 1. The van der Waals surface area contributed by atoms with Crippen LogP contribution < -0.4 is 5.32 Å². The number of ether oxygens (including phenoxy) is 1. The van der Waals surface area contributed by atoms with Crippen molar-refractivity contribution in [2.75, 3.05) is 7.11 Å². The second-order valence-corrected chi connectivity index (χ2v) is 7.64. The smallest absolute Gasteiger partial charge is 0.328 e. The van der Waals surface area contributed by atoms with Gasteiger partial charge in [-0.2, -0.15) is 0 Å². The quantitative estimate of drug-likeness (QED) is 0.484. The standard InChI is InChI=1S/C21H22N2O3S/c1-14(27-16-8-4-3-5-9-16)20(24)23-19(21(25)26-2)12-15-13-22-18-11-7-6-10-17(15)18/h3-11,13-14,19,22H,12H2,1-2H3,(H,23,24)/t14?,19-/m1/s1. The maximum Gasteiger partial charge on any atom is 0.328 e. The van der Waals surface area contributed by atoms with Gasteiger partial charge in [-0.1, -0.05) is 36.4 Å². The lowest BCUT2D eigenvalue weighted by Crippen LogP contribution is -2.45. The molecule has 6 heteroatoms. The van der Waals surface area contributed by atoms with Crippen LogP contribution in [-0.2, 0) is 20.7 Å². The summed E-state index contributed by atoms with van der Waals surface area (Å²) in [6.45, 7) is 1.83. The summed E-state index contributed by atoms with van der Waals surface area (Å²) in [4.78, 5) is 29.1. The highest BCUT2D eigenvalue weighted by Gasteiger charge is 2.25. The lowest BCUT2D eigenvalue weighted by atomic mass is 10.0. The summed E-state index contributed by atoms with van der Waals surface area (Å²) in [6.07, 6.45) is 2.24. The Morgan fingerprint density at radius 2 is 1.81 bits per heavy atom. The predicted octanol–water partition coefficient (Wildman–Crippen LogP) is 3.55. The van der Waals surface area contributed by atoms with Crippen molar-refractivity contribution in [1.29, 1.82) is 0 Å². The molecule has 140 valence electrons. The third kappa shape index (κ3) is 4.71. The van der Waals surface area contributed by atoms with E-state index in [1.54, 1.807) is 0 Å². The average molecular weight is 382 g/mol. The zero-order valence-corrected chi connectivity index (χ0v) is 16.1. The van der Waals surface area contributed by atoms with Crippen LogP contribution in [0.1, 0.15) is 12.5 Å². The maximum absolute atomic E-state index is 12.6. The minimum atomic E-state index is -0.736. The van der Waals surface area contributed by atoms with E-state index in [1.165, 1.54) is 18.9 Å². The highest BCUT2D eigenvalue weighted by atomic mass is 32.2. The van der Waals surface area contributed by atoms with Crippen molar-refractivity contribution in [3.63, 3.8) is 0 Å². The van der Waals surface area contributed by atoms with Gasteiger partial charge in [0, 0.05) is 28.4 Å². The number of carbonyl (C=O) groups is 2. The number of H-pyrrole nitrogens is 1. The van der Waals surface area contributed by atoms with Crippen molar-refractivity contribution in [2.45, 2.75) is 29.5 Å². The van der Waals surface area contributed by atoms with Crippen LogP contribution >= 0.6 is 11.8 Å². The van der Waals surface area contributed by atoms with Crippen LogP contribution in [0, 0.1) is 0 Å². The molecule has 0 aliphatic heterocycles. The van der Waals surface area contributed by atoms with E-state index in [0.29, 0.717) is 6.42 Å². The van der Waals surface area contributed by atoms with Crippen molar-refractivity contribution in [3.05, 3.63) is 66.4 Å². The van der Waals surface area contributed by atoms with Crippen LogP contribution in [0.5, 0.6) is 0 Å². The van der Waals surface area contributed by atoms with E-state index in [1.807, 2.05) is 67.7 Å². The monoisotopic (exact) mass is 382 g/mol. The first kappa shape index (κ1) is 19.0. The number of thioether (sulfide) groups is 1. The van der Waals surface area contributed by atoms with Crippen LogP contribution in [0.4, 0.5) is 0 Å². The van der Waals surface area contributed by atoms with Gasteiger partial charge in [-0.05, 0) is 30.7 Å². The number of para-hydroxylation sites is 1. The van der Waals surface area contributed by atoms with Gasteiger partial charge in [0.05, 0.1) is 12.4 Å². The van der Waals surface area contributed by atoms with Crippen molar-refractivity contribution in [2.24, 2.45) is 0 Å². The number of benzene rings is 2. The van der Waals surface area contributed by atoms with Gasteiger partial charge in [-0.3, -0.25) is 4.79 Å². The number of methoxy groups -OCH3 is 1. The third-order valence-electron chi connectivity index (χ3n) is 4.33. The molecule has 0 bridgehead atoms. The Balaban J connectivity index is 1.71. The normalized spacial score (nSPS) is 13.1. The molecule has 1 aromatic heterocycles. The molecule has 1 amide bonds. The highest BCUT2D eigenvalue weighted by Crippen LogP contribution is 2.23. The summed E-state index contributed by atoms with van der Waals surface area (Å²) in [7, 11) is 1.33. The molecular weight excluding hydrogens is 360 g/mol. The number of hydrogen-bond acceptors (Lipinski definition) is 4. The molecule has 3 rings (SSSR count). The lowest BCUT2D eigenvalue weighted by Gasteiger charge is -2.19. The number of rotatable bonds is 7. The topological polar surface area (TPSA) is 71.2 Å². The van der Waals surface area contributed by atoms with E-state index >= 15 is 0 Å². The number of hydrogen-bond donors (Lipinski definition) is 2. The molecule has 0 saturated heterocycles. The van der Waals surface area contributed by atoms with Crippen LogP contribution in [-0.4, -0.2) is 35.3 Å². The zero-order chi connectivity index (χ0) is 19.2. The SMILES string of the molecule is COC(=O)[C@@H](Cc1c[nH]c2ccccc12)NC(=O)C(C)Sc1ccccc1. The molecule has 0 radical (unpaired) electrons. The van der Waals surface area contributed by atoms with E-state index < -0.39 is 12.0 Å². The van der Waals surface area contributed by atoms with E-state index in [-0.39, 0.29) is 11.2 Å². The van der Waals surface area contributed by atoms with Crippen LogP contribution in [0.15, 0.2) is 65.7 Å². The molecular formula is C21H22N2O3S. The summed E-state index contributed by atoms with van der Waals surface area (Å²) in [5.74, 6) is -0.648. The number of esters is 1. The molecule has 0 spiro atoms. The Morgan fingerprint density at radius 3 is 2.56 bits per heavy atom. The number of carbonyl (C=O) groups excluding carboxylic acids is 2. The molecule has 27 heavy (non-hydrogen) atoms. The third-order valence-corrected chi connectivity index (χ3v) is 5.44. The minimum Gasteiger partial charge on any atom is -0.467 e. The fraction of sp³-hybridized carbons (Fsp3) is 0.238. The lowest BCUT2D eigenvalue weighted by molar-refractivity contribution is -0.144. The first-order valence-electron chi connectivity index (χ1n) is 8.73. The molecule has 0 aliphatic rings. The Kier molecular flexibility index (Phi) is 6.19. The fourth-order valence-electron chi connectivity index (χ4n) is 2.90. The summed E-state index contributed by atoms with van der Waals surface area (Å²) in [6, 6.07) is 16.8. The molecule has 0 saturated carbocycles. The van der Waals surface area contributed by atoms with Crippen LogP contribution in [0.25, 0.3) is 10.9 Å². The second-order valence-electron chi connectivity index (χ2n) is 6.22. The molecule has 1 unspecified atom stereocenters. The van der Waals surface area contributed by atoms with Gasteiger partial charge in [0.15, 0.2) is 0 Å². The molecule has 3 aromatic rings. The van der Waals surface area contributed by atoms with Crippen LogP contribution in [0.2, 0.25) is 0 Å². The molecule has 2 N–H and O–H groups in total. The zero-order valence-electron chi connectivity index (χ0n) is 15.3. The fourth-order valence-corrected chi connectivity index (χ4v) is 3.80. The van der Waals surface area contributed by atoms with Gasteiger partial charge in [-0.15, -0.1) is 11.8 Å². The van der Waals surface area contributed by atoms with Crippen LogP contribution in [0.3, 0.4) is 0 Å². The van der Waals surface area contributed by atoms with Gasteiger partial charge >= 0.3 is 5.97 Å². The Hall–Kier alpha value is -2.73. The first-order valence-corrected chi connectivity index (χ1v) is 9.61. The Labute approximate surface area is 162 Å². The van der Waals surface area contributed by atoms with Crippen molar-refractivity contribution in [3.8, 4) is 0 Å². The van der Waals surface area contributed by atoms with Crippen molar-refractivity contribution < 1.29 is 14.3 Å². The van der Waals surface area contributed by atoms with Gasteiger partial charge in [-0.25, -0.2) is 4.79 Å². The van der Waals surface area contributed by atoms with Crippen molar-refractivity contribution >= 4 is 34.5 Å². The average Bonchev–Trinajstić information content (AvgIpc) is 3.10. The first-order chi connectivity index (χ1) is 13.1. The van der Waals surface area contributed by atoms with Gasteiger partial charge in [0.1, 0.15) is 6.04 Å². The molecule has 1 heterocycles. The van der Waals surface area contributed by atoms with E-state index in [0.717, 1.165) is 21.4 Å².